The number of nitrogens with zero attached hydrogens (tertiary/aromatic N) is 1. The van der Waals surface area contributed by atoms with Crippen LogP contribution in [-0.2, 0) is 17.6 Å². The van der Waals surface area contributed by atoms with Gasteiger partial charge in [-0.05, 0) is 46.7 Å². The van der Waals surface area contributed by atoms with Crippen LogP contribution in [0.4, 0.5) is 0 Å². The van der Waals surface area contributed by atoms with Crippen molar-refractivity contribution in [2.75, 3.05) is 6.54 Å². The van der Waals surface area contributed by atoms with E-state index in [-0.39, 0.29) is 11.9 Å². The Hall–Kier alpha value is -2.10. The second kappa shape index (κ2) is 7.03. The number of hydrogen-bond donors (Lipinski definition) is 0. The SMILES string of the molecule is O=C(Cc1cccs1)N1CCc2ccccc2[C@@H]1c1ccc(Cl)cc1. The average molecular weight is 368 g/mol. The van der Waals surface area contributed by atoms with E-state index in [0.29, 0.717) is 11.4 Å². The third-order valence-electron chi connectivity index (χ3n) is 4.70. The largest absolute Gasteiger partial charge is 0.331 e. The van der Waals surface area contributed by atoms with Crippen LogP contribution < -0.4 is 0 Å². The maximum absolute atomic E-state index is 13.0. The van der Waals surface area contributed by atoms with Crippen LogP contribution in [0.3, 0.4) is 0 Å². The maximum Gasteiger partial charge on any atom is 0.228 e. The van der Waals surface area contributed by atoms with Gasteiger partial charge in [-0.3, -0.25) is 4.79 Å². The minimum Gasteiger partial charge on any atom is -0.331 e. The first-order valence-electron chi connectivity index (χ1n) is 8.37. The number of fused-ring (bicyclic) bond motifs is 1. The van der Waals surface area contributed by atoms with E-state index in [4.69, 9.17) is 11.6 Å². The third-order valence-corrected chi connectivity index (χ3v) is 5.82. The zero-order valence-corrected chi connectivity index (χ0v) is 15.3. The molecule has 25 heavy (non-hydrogen) atoms. The summed E-state index contributed by atoms with van der Waals surface area (Å²) in [6.07, 6.45) is 1.36. The Morgan fingerprint density at radius 1 is 1.08 bits per heavy atom. The van der Waals surface area contributed by atoms with E-state index in [1.165, 1.54) is 11.1 Å². The van der Waals surface area contributed by atoms with Crippen molar-refractivity contribution < 1.29 is 4.79 Å². The highest BCUT2D eigenvalue weighted by Gasteiger charge is 2.31. The number of carbonyl (C=O) groups excluding carboxylic acids is 1. The van der Waals surface area contributed by atoms with Crippen LogP contribution in [-0.4, -0.2) is 17.4 Å². The zero-order chi connectivity index (χ0) is 17.2. The predicted octanol–water partition coefficient (Wildman–Crippen LogP) is 5.12. The predicted molar refractivity (Wildman–Crippen MR) is 103 cm³/mol. The van der Waals surface area contributed by atoms with Crippen molar-refractivity contribution in [3.05, 3.63) is 92.6 Å². The summed E-state index contributed by atoms with van der Waals surface area (Å²) in [5.74, 6) is 0.178. The molecule has 0 aliphatic carbocycles. The first-order chi connectivity index (χ1) is 12.2. The van der Waals surface area contributed by atoms with Gasteiger partial charge >= 0.3 is 0 Å². The van der Waals surface area contributed by atoms with Gasteiger partial charge in [-0.2, -0.15) is 0 Å². The van der Waals surface area contributed by atoms with Crippen molar-refractivity contribution in [1.82, 2.24) is 4.90 Å². The Labute approximate surface area is 156 Å². The van der Waals surface area contributed by atoms with Crippen LogP contribution in [0.15, 0.2) is 66.0 Å². The molecule has 2 heterocycles. The van der Waals surface area contributed by atoms with Gasteiger partial charge < -0.3 is 4.90 Å². The minimum absolute atomic E-state index is 0.0466. The summed E-state index contributed by atoms with van der Waals surface area (Å²) in [5, 5.41) is 2.73. The number of rotatable bonds is 3. The van der Waals surface area contributed by atoms with Crippen LogP contribution in [0.25, 0.3) is 0 Å². The molecule has 2 aromatic carbocycles. The van der Waals surface area contributed by atoms with Crippen LogP contribution in [0, 0.1) is 0 Å². The van der Waals surface area contributed by atoms with Crippen molar-refractivity contribution in [1.29, 1.82) is 0 Å². The van der Waals surface area contributed by atoms with E-state index in [9.17, 15) is 4.79 Å². The van der Waals surface area contributed by atoms with E-state index in [0.717, 1.165) is 23.4 Å². The summed E-state index contributed by atoms with van der Waals surface area (Å²) in [6, 6.07) is 20.3. The van der Waals surface area contributed by atoms with E-state index in [1.54, 1.807) is 11.3 Å². The Morgan fingerprint density at radius 2 is 1.88 bits per heavy atom. The average Bonchev–Trinajstić information content (AvgIpc) is 3.14. The van der Waals surface area contributed by atoms with E-state index in [1.807, 2.05) is 46.7 Å². The minimum atomic E-state index is -0.0466. The highest BCUT2D eigenvalue weighted by Crippen LogP contribution is 2.36. The molecular formula is C21H18ClNOS. The first kappa shape index (κ1) is 16.4. The molecule has 0 radical (unpaired) electrons. The number of halogens is 1. The molecule has 1 atom stereocenters. The molecule has 1 aromatic heterocycles. The summed E-state index contributed by atoms with van der Waals surface area (Å²) in [5.41, 5.74) is 3.65. The van der Waals surface area contributed by atoms with Crippen molar-refractivity contribution in [3.8, 4) is 0 Å². The first-order valence-corrected chi connectivity index (χ1v) is 9.63. The van der Waals surface area contributed by atoms with Gasteiger partial charge in [0.2, 0.25) is 5.91 Å². The standard InChI is InChI=1S/C21H18ClNOS/c22-17-9-7-16(8-10-17)21-19-6-2-1-4-15(19)11-12-23(21)20(24)14-18-5-3-13-25-18/h1-10,13,21H,11-12,14H2/t21-/m0/s1. The summed E-state index contributed by atoms with van der Waals surface area (Å²) in [7, 11) is 0. The molecule has 1 aliphatic heterocycles. The van der Waals surface area contributed by atoms with E-state index < -0.39 is 0 Å². The second-order valence-corrected chi connectivity index (χ2v) is 7.71. The van der Waals surface area contributed by atoms with Crippen molar-refractivity contribution in [2.45, 2.75) is 18.9 Å². The van der Waals surface area contributed by atoms with Gasteiger partial charge in [-0.15, -0.1) is 11.3 Å². The van der Waals surface area contributed by atoms with Gasteiger partial charge in [-0.1, -0.05) is 54.1 Å². The van der Waals surface area contributed by atoms with Crippen LogP contribution in [0.1, 0.15) is 27.6 Å². The summed E-state index contributed by atoms with van der Waals surface area (Å²) in [4.78, 5) is 16.2. The van der Waals surface area contributed by atoms with Gasteiger partial charge in [0.25, 0.3) is 0 Å². The fourth-order valence-electron chi connectivity index (χ4n) is 3.50. The zero-order valence-electron chi connectivity index (χ0n) is 13.7. The Kier molecular flexibility index (Phi) is 4.60. The van der Waals surface area contributed by atoms with Gasteiger partial charge in [0, 0.05) is 16.4 Å². The van der Waals surface area contributed by atoms with Gasteiger partial charge in [-0.25, -0.2) is 0 Å². The quantitative estimate of drug-likeness (QED) is 0.629. The number of benzene rings is 2. The molecule has 3 aromatic rings. The second-order valence-electron chi connectivity index (χ2n) is 6.25. The molecule has 0 N–H and O–H groups in total. The molecule has 4 rings (SSSR count). The summed E-state index contributed by atoms with van der Waals surface area (Å²) < 4.78 is 0. The number of carbonyl (C=O) groups is 1. The molecule has 0 fully saturated rings. The Balaban J connectivity index is 1.72. The number of amides is 1. The molecule has 1 aliphatic rings. The normalized spacial score (nSPS) is 16.5. The highest BCUT2D eigenvalue weighted by atomic mass is 35.5. The number of thiophene rings is 1. The van der Waals surface area contributed by atoms with E-state index >= 15 is 0 Å². The van der Waals surface area contributed by atoms with Crippen LogP contribution in [0.2, 0.25) is 5.02 Å². The number of hydrogen-bond acceptors (Lipinski definition) is 2. The highest BCUT2D eigenvalue weighted by molar-refractivity contribution is 7.10. The molecule has 0 saturated heterocycles. The Morgan fingerprint density at radius 3 is 2.64 bits per heavy atom. The van der Waals surface area contributed by atoms with Gasteiger partial charge in [0.05, 0.1) is 12.5 Å². The molecular weight excluding hydrogens is 350 g/mol. The molecule has 0 spiro atoms. The lowest BCUT2D eigenvalue weighted by Crippen LogP contribution is -2.41. The lowest BCUT2D eigenvalue weighted by molar-refractivity contribution is -0.132. The third kappa shape index (κ3) is 3.35. The Bertz CT molecular complexity index is 873. The molecule has 0 saturated carbocycles. The molecule has 4 heteroatoms. The smallest absolute Gasteiger partial charge is 0.228 e. The fraction of sp³-hybridized carbons (Fsp3) is 0.190. The lowest BCUT2D eigenvalue weighted by Gasteiger charge is -2.38. The maximum atomic E-state index is 13.0. The monoisotopic (exact) mass is 367 g/mol. The molecule has 1 amide bonds. The molecule has 126 valence electrons. The lowest BCUT2D eigenvalue weighted by atomic mass is 9.88. The summed E-state index contributed by atoms with van der Waals surface area (Å²) >= 11 is 7.70. The van der Waals surface area contributed by atoms with Crippen molar-refractivity contribution >= 4 is 28.8 Å². The van der Waals surface area contributed by atoms with E-state index in [2.05, 4.69) is 24.3 Å². The molecule has 2 nitrogen and oxygen atoms in total. The van der Waals surface area contributed by atoms with Gasteiger partial charge in [0.1, 0.15) is 0 Å². The van der Waals surface area contributed by atoms with Crippen LogP contribution >= 0.6 is 22.9 Å². The van der Waals surface area contributed by atoms with Crippen molar-refractivity contribution in [3.63, 3.8) is 0 Å². The van der Waals surface area contributed by atoms with Crippen molar-refractivity contribution in [2.24, 2.45) is 0 Å². The van der Waals surface area contributed by atoms with Crippen LogP contribution in [0.5, 0.6) is 0 Å². The van der Waals surface area contributed by atoms with Gasteiger partial charge in [0.15, 0.2) is 0 Å². The molecule has 0 bridgehead atoms. The fourth-order valence-corrected chi connectivity index (χ4v) is 4.33. The topological polar surface area (TPSA) is 20.3 Å². The molecule has 0 unspecified atom stereocenters. The summed E-state index contributed by atoms with van der Waals surface area (Å²) in [6.45, 7) is 0.745.